The van der Waals surface area contributed by atoms with Crippen LogP contribution in [0.4, 0.5) is 0 Å². The summed E-state index contributed by atoms with van der Waals surface area (Å²) in [7, 11) is 0. The molecular formula is C16H19N3O2. The van der Waals surface area contributed by atoms with Crippen LogP contribution < -0.4 is 5.73 Å². The van der Waals surface area contributed by atoms with Gasteiger partial charge in [-0.2, -0.15) is 0 Å². The van der Waals surface area contributed by atoms with Gasteiger partial charge >= 0.3 is 0 Å². The molecule has 0 radical (unpaired) electrons. The monoisotopic (exact) mass is 285 g/mol. The van der Waals surface area contributed by atoms with Gasteiger partial charge in [0.15, 0.2) is 0 Å². The minimum Gasteiger partial charge on any atom is -0.369 e. The number of nitrogens with zero attached hydrogens (tertiary/aromatic N) is 1. The molecule has 2 aromatic rings. The van der Waals surface area contributed by atoms with Crippen molar-refractivity contribution in [3.05, 3.63) is 35.5 Å². The molecule has 3 rings (SSSR count). The fraction of sp³-hybridized carbons (Fsp3) is 0.375. The summed E-state index contributed by atoms with van der Waals surface area (Å²) in [5.41, 5.74) is 8.78. The normalized spacial score (nSPS) is 18.6. The maximum atomic E-state index is 11.9. The Morgan fingerprint density at radius 1 is 1.43 bits per heavy atom. The summed E-state index contributed by atoms with van der Waals surface area (Å²) in [6.07, 6.45) is 1.04. The molecule has 2 amide bonds. The molecule has 5 heteroatoms. The van der Waals surface area contributed by atoms with Gasteiger partial charge in [0.1, 0.15) is 0 Å². The zero-order chi connectivity index (χ0) is 15.0. The zero-order valence-corrected chi connectivity index (χ0v) is 12.1. The molecule has 3 N–H and O–H groups in total. The van der Waals surface area contributed by atoms with Crippen LogP contribution in [0.5, 0.6) is 0 Å². The number of nitrogens with one attached hydrogen (secondary N) is 1. The fourth-order valence-electron chi connectivity index (χ4n) is 3.08. The molecule has 1 aromatic heterocycles. The number of aromatic amines is 1. The molecule has 0 saturated carbocycles. The first-order valence-corrected chi connectivity index (χ1v) is 7.19. The lowest BCUT2D eigenvalue weighted by Gasteiger charge is -2.16. The van der Waals surface area contributed by atoms with Crippen LogP contribution in [0.1, 0.15) is 17.7 Å². The van der Waals surface area contributed by atoms with E-state index in [1.54, 1.807) is 4.90 Å². The number of benzene rings is 1. The quantitative estimate of drug-likeness (QED) is 0.889. The van der Waals surface area contributed by atoms with Crippen molar-refractivity contribution in [1.82, 2.24) is 9.88 Å². The van der Waals surface area contributed by atoms with E-state index in [-0.39, 0.29) is 24.2 Å². The van der Waals surface area contributed by atoms with Gasteiger partial charge in [-0.1, -0.05) is 18.2 Å². The van der Waals surface area contributed by atoms with Gasteiger partial charge in [0.05, 0.1) is 5.92 Å². The number of hydrogen-bond donors (Lipinski definition) is 2. The fourth-order valence-corrected chi connectivity index (χ4v) is 3.08. The Kier molecular flexibility index (Phi) is 3.41. The van der Waals surface area contributed by atoms with Crippen LogP contribution in [0, 0.1) is 12.8 Å². The lowest BCUT2D eigenvalue weighted by Crippen LogP contribution is -2.30. The molecule has 1 fully saturated rings. The number of fused-ring (bicyclic) bond motifs is 1. The number of carbonyl (C=O) groups excluding carboxylic acids is 2. The molecule has 1 aromatic carbocycles. The minimum absolute atomic E-state index is 0.0243. The number of nitrogens with two attached hydrogens (primary N) is 1. The number of primary amides is 1. The van der Waals surface area contributed by atoms with E-state index in [1.807, 2.05) is 19.1 Å². The van der Waals surface area contributed by atoms with Crippen LogP contribution in [-0.2, 0) is 16.0 Å². The summed E-state index contributed by atoms with van der Waals surface area (Å²) in [4.78, 5) is 28.2. The van der Waals surface area contributed by atoms with Gasteiger partial charge in [-0.15, -0.1) is 0 Å². The molecule has 1 unspecified atom stereocenters. The lowest BCUT2D eigenvalue weighted by atomic mass is 10.1. The first kappa shape index (κ1) is 13.7. The highest BCUT2D eigenvalue weighted by molar-refractivity contribution is 5.88. The average Bonchev–Trinajstić information content (AvgIpc) is 2.97. The van der Waals surface area contributed by atoms with E-state index in [0.29, 0.717) is 13.1 Å². The van der Waals surface area contributed by atoms with E-state index in [4.69, 9.17) is 5.73 Å². The van der Waals surface area contributed by atoms with Gasteiger partial charge in [0.2, 0.25) is 11.8 Å². The second-order valence-electron chi connectivity index (χ2n) is 5.67. The predicted octanol–water partition coefficient (Wildman–Crippen LogP) is 1.35. The molecule has 110 valence electrons. The van der Waals surface area contributed by atoms with E-state index in [2.05, 4.69) is 17.1 Å². The van der Waals surface area contributed by atoms with E-state index >= 15 is 0 Å². The molecule has 1 aliphatic rings. The second-order valence-corrected chi connectivity index (χ2v) is 5.67. The van der Waals surface area contributed by atoms with Crippen molar-refractivity contribution >= 4 is 22.7 Å². The highest BCUT2D eigenvalue weighted by Crippen LogP contribution is 2.24. The van der Waals surface area contributed by atoms with Crippen LogP contribution in [0.3, 0.4) is 0 Å². The average molecular weight is 285 g/mol. The summed E-state index contributed by atoms with van der Waals surface area (Å²) in [5, 5.41) is 1.20. The first-order valence-electron chi connectivity index (χ1n) is 7.19. The van der Waals surface area contributed by atoms with Crippen LogP contribution >= 0.6 is 0 Å². The Hall–Kier alpha value is -2.30. The maximum absolute atomic E-state index is 11.9. The van der Waals surface area contributed by atoms with Crippen molar-refractivity contribution in [2.24, 2.45) is 11.7 Å². The molecule has 0 aliphatic carbocycles. The number of aromatic nitrogens is 1. The van der Waals surface area contributed by atoms with Crippen LogP contribution in [0.15, 0.2) is 24.3 Å². The summed E-state index contributed by atoms with van der Waals surface area (Å²) >= 11 is 0. The van der Waals surface area contributed by atoms with Crippen molar-refractivity contribution in [2.75, 3.05) is 13.1 Å². The summed E-state index contributed by atoms with van der Waals surface area (Å²) in [6, 6.07) is 8.16. The number of carbonyl (C=O) groups is 2. The third-order valence-electron chi connectivity index (χ3n) is 4.28. The molecule has 5 nitrogen and oxygen atoms in total. The number of aryl methyl sites for hydroxylation is 1. The van der Waals surface area contributed by atoms with Gasteiger partial charge in [-0.05, 0) is 25.0 Å². The van der Waals surface area contributed by atoms with E-state index in [0.717, 1.165) is 17.6 Å². The molecule has 2 heterocycles. The van der Waals surface area contributed by atoms with E-state index in [9.17, 15) is 9.59 Å². The number of hydrogen-bond acceptors (Lipinski definition) is 2. The maximum Gasteiger partial charge on any atom is 0.223 e. The Labute approximate surface area is 123 Å². The molecule has 1 saturated heterocycles. The van der Waals surface area contributed by atoms with Gasteiger partial charge < -0.3 is 15.6 Å². The topological polar surface area (TPSA) is 79.2 Å². The SMILES string of the molecule is Cc1[nH]c2ccccc2c1CCN1CC(C(N)=O)CC1=O. The highest BCUT2D eigenvalue weighted by Gasteiger charge is 2.32. The minimum atomic E-state index is -0.380. The molecule has 0 bridgehead atoms. The number of amides is 2. The predicted molar refractivity (Wildman–Crippen MR) is 80.6 cm³/mol. The smallest absolute Gasteiger partial charge is 0.223 e. The zero-order valence-electron chi connectivity index (χ0n) is 12.1. The van der Waals surface area contributed by atoms with Crippen LogP contribution in [0.2, 0.25) is 0 Å². The number of rotatable bonds is 4. The van der Waals surface area contributed by atoms with Crippen molar-refractivity contribution in [3.63, 3.8) is 0 Å². The Morgan fingerprint density at radius 3 is 2.90 bits per heavy atom. The molecule has 0 spiro atoms. The number of H-pyrrole nitrogens is 1. The molecule has 1 atom stereocenters. The van der Waals surface area contributed by atoms with Gasteiger partial charge in [0, 0.05) is 36.1 Å². The standard InChI is InChI=1S/C16H19N3O2/c1-10-12(13-4-2-3-5-14(13)18-10)6-7-19-9-11(16(17)21)8-15(19)20/h2-5,11,18H,6-9H2,1H3,(H2,17,21). The summed E-state index contributed by atoms with van der Waals surface area (Å²) in [5.74, 6) is -0.688. The van der Waals surface area contributed by atoms with Gasteiger partial charge in [0.25, 0.3) is 0 Å². The van der Waals surface area contributed by atoms with Crippen molar-refractivity contribution in [2.45, 2.75) is 19.8 Å². The molecular weight excluding hydrogens is 266 g/mol. The van der Waals surface area contributed by atoms with Gasteiger partial charge in [-0.25, -0.2) is 0 Å². The second kappa shape index (κ2) is 5.24. The van der Waals surface area contributed by atoms with Gasteiger partial charge in [-0.3, -0.25) is 9.59 Å². The van der Waals surface area contributed by atoms with Crippen LogP contribution in [0.25, 0.3) is 10.9 Å². The van der Waals surface area contributed by atoms with Crippen molar-refractivity contribution < 1.29 is 9.59 Å². The van der Waals surface area contributed by atoms with E-state index in [1.165, 1.54) is 10.9 Å². The third-order valence-corrected chi connectivity index (χ3v) is 4.28. The Bertz CT molecular complexity index is 705. The number of likely N-dealkylation sites (tertiary alicyclic amines) is 1. The third kappa shape index (κ3) is 2.51. The largest absolute Gasteiger partial charge is 0.369 e. The summed E-state index contributed by atoms with van der Waals surface area (Å²) < 4.78 is 0. The first-order chi connectivity index (χ1) is 10.1. The Morgan fingerprint density at radius 2 is 2.19 bits per heavy atom. The number of para-hydroxylation sites is 1. The van der Waals surface area contributed by atoms with Crippen LogP contribution in [-0.4, -0.2) is 34.8 Å². The molecule has 1 aliphatic heterocycles. The summed E-state index contributed by atoms with van der Waals surface area (Å²) in [6.45, 7) is 3.13. The highest BCUT2D eigenvalue weighted by atomic mass is 16.2. The Balaban J connectivity index is 1.74. The van der Waals surface area contributed by atoms with E-state index < -0.39 is 0 Å². The molecule has 21 heavy (non-hydrogen) atoms. The lowest BCUT2D eigenvalue weighted by molar-refractivity contribution is -0.128. The van der Waals surface area contributed by atoms with Crippen molar-refractivity contribution in [1.29, 1.82) is 0 Å². The van der Waals surface area contributed by atoms with Crippen molar-refractivity contribution in [3.8, 4) is 0 Å².